The van der Waals surface area contributed by atoms with E-state index in [9.17, 15) is 9.90 Å². The fourth-order valence-corrected chi connectivity index (χ4v) is 2.76. The molecule has 0 atom stereocenters. The molecule has 0 spiro atoms. The molecule has 1 heterocycles. The van der Waals surface area contributed by atoms with E-state index >= 15 is 0 Å². The second-order valence-electron chi connectivity index (χ2n) is 4.82. The minimum atomic E-state index is -1.19. The van der Waals surface area contributed by atoms with E-state index in [0.717, 1.165) is 15.6 Å². The van der Waals surface area contributed by atoms with Gasteiger partial charge in [-0.1, -0.05) is 46.3 Å². The fourth-order valence-electron chi connectivity index (χ4n) is 2.36. The van der Waals surface area contributed by atoms with E-state index in [4.69, 9.17) is 0 Å². The Morgan fingerprint density at radius 1 is 1.14 bits per heavy atom. The summed E-state index contributed by atoms with van der Waals surface area (Å²) in [6, 6.07) is 14.7. The van der Waals surface area contributed by atoms with Gasteiger partial charge in [-0.15, -0.1) is 0 Å². The molecular weight excluding hydrogens is 369 g/mol. The molecule has 0 saturated carbocycles. The van der Waals surface area contributed by atoms with Crippen molar-refractivity contribution in [3.05, 3.63) is 64.1 Å². The van der Waals surface area contributed by atoms with Gasteiger partial charge in [0.05, 0.1) is 17.2 Å². The zero-order chi connectivity index (χ0) is 15.0. The summed E-state index contributed by atoms with van der Waals surface area (Å²) >= 11 is 3.41. The van der Waals surface area contributed by atoms with Gasteiger partial charge in [0.15, 0.2) is 0 Å². The summed E-state index contributed by atoms with van der Waals surface area (Å²) in [5.74, 6) is -1.19. The van der Waals surface area contributed by atoms with E-state index in [-0.39, 0.29) is 56.9 Å². The summed E-state index contributed by atoms with van der Waals surface area (Å²) < 4.78 is 0.918. The molecule has 104 valence electrons. The van der Waals surface area contributed by atoms with Crippen LogP contribution in [0.25, 0.3) is 22.2 Å². The number of carbonyl (C=O) groups excluding carboxylic acids is 1. The quantitative estimate of drug-likeness (QED) is 0.603. The molecule has 3 aromatic rings. The molecule has 0 fully saturated rings. The number of hydrogen-bond acceptors (Lipinski definition) is 3. The molecule has 0 radical (unpaired) electrons. The number of carbonyl (C=O) groups is 1. The minimum absolute atomic E-state index is 0. The van der Waals surface area contributed by atoms with Crippen LogP contribution in [-0.4, -0.2) is 11.0 Å². The van der Waals surface area contributed by atoms with Gasteiger partial charge in [-0.05, 0) is 30.7 Å². The third-order valence-corrected chi connectivity index (χ3v) is 3.87. The number of nitrogens with zero attached hydrogens (tertiary/aromatic N) is 1. The number of hydrogen-bond donors (Lipinski definition) is 0. The van der Waals surface area contributed by atoms with Gasteiger partial charge in [0.1, 0.15) is 0 Å². The zero-order valence-electron chi connectivity index (χ0n) is 12.3. The summed E-state index contributed by atoms with van der Waals surface area (Å²) in [5, 5.41) is 12.0. The summed E-state index contributed by atoms with van der Waals surface area (Å²) in [5.41, 5.74) is 3.27. The summed E-state index contributed by atoms with van der Waals surface area (Å²) in [6.07, 6.45) is 0. The number of rotatable bonds is 2. The summed E-state index contributed by atoms with van der Waals surface area (Å²) in [6.45, 7) is 1.92. The van der Waals surface area contributed by atoms with Crippen LogP contribution in [0.5, 0.6) is 0 Å². The van der Waals surface area contributed by atoms with Gasteiger partial charge in [-0.25, -0.2) is 4.98 Å². The predicted molar refractivity (Wildman–Crippen MR) is 83.9 cm³/mol. The first-order chi connectivity index (χ1) is 10.1. The van der Waals surface area contributed by atoms with Gasteiger partial charge in [0, 0.05) is 21.0 Å². The standard InChI is InChI=1S/C17H12BrNO2.K/c1-10-4-2-7-13-14(17(20)21)9-15(19-16(10)13)11-5-3-6-12(18)8-11;/h2-9H,1H3,(H,20,21);/q;+1/p-1. The first-order valence-corrected chi connectivity index (χ1v) is 7.23. The van der Waals surface area contributed by atoms with Crippen molar-refractivity contribution in [2.75, 3.05) is 0 Å². The second kappa shape index (κ2) is 7.34. The average Bonchev–Trinajstić information content (AvgIpc) is 2.46. The van der Waals surface area contributed by atoms with Crippen LogP contribution < -0.4 is 56.5 Å². The largest absolute Gasteiger partial charge is 1.00 e. The maximum atomic E-state index is 11.4. The van der Waals surface area contributed by atoms with Crippen molar-refractivity contribution in [1.29, 1.82) is 0 Å². The molecule has 1 aromatic heterocycles. The number of fused-ring (bicyclic) bond motifs is 1. The number of halogens is 1. The third kappa shape index (κ3) is 3.50. The van der Waals surface area contributed by atoms with Crippen molar-refractivity contribution in [2.45, 2.75) is 6.92 Å². The Labute approximate surface area is 179 Å². The molecule has 2 aromatic carbocycles. The monoisotopic (exact) mass is 379 g/mol. The number of carboxylic acids is 1. The van der Waals surface area contributed by atoms with Gasteiger partial charge in [0.2, 0.25) is 0 Å². The fraction of sp³-hybridized carbons (Fsp3) is 0.0588. The van der Waals surface area contributed by atoms with E-state index in [0.29, 0.717) is 16.6 Å². The Morgan fingerprint density at radius 2 is 1.86 bits per heavy atom. The van der Waals surface area contributed by atoms with Crippen molar-refractivity contribution in [3.63, 3.8) is 0 Å². The van der Waals surface area contributed by atoms with Crippen molar-refractivity contribution in [1.82, 2.24) is 4.98 Å². The van der Waals surface area contributed by atoms with E-state index in [1.54, 1.807) is 12.1 Å². The molecule has 0 aliphatic heterocycles. The molecule has 22 heavy (non-hydrogen) atoms. The first-order valence-electron chi connectivity index (χ1n) is 6.44. The number of aromatic carboxylic acids is 1. The SMILES string of the molecule is Cc1cccc2c(C(=O)[O-])cc(-c3cccc(Br)c3)nc12.[K+]. The molecular formula is C17H11BrKNO2. The van der Waals surface area contributed by atoms with Crippen LogP contribution in [0.3, 0.4) is 0 Å². The maximum absolute atomic E-state index is 11.4. The van der Waals surface area contributed by atoms with Crippen LogP contribution in [0.4, 0.5) is 0 Å². The number of carboxylic acid groups (broad SMARTS) is 1. The van der Waals surface area contributed by atoms with Crippen molar-refractivity contribution >= 4 is 32.8 Å². The Morgan fingerprint density at radius 3 is 2.55 bits per heavy atom. The van der Waals surface area contributed by atoms with E-state index in [1.807, 2.05) is 43.3 Å². The number of para-hydroxylation sites is 1. The van der Waals surface area contributed by atoms with Gasteiger partial charge < -0.3 is 9.90 Å². The Bertz CT molecular complexity index is 864. The second-order valence-corrected chi connectivity index (χ2v) is 5.74. The van der Waals surface area contributed by atoms with Crippen LogP contribution in [0.1, 0.15) is 15.9 Å². The summed E-state index contributed by atoms with van der Waals surface area (Å²) in [4.78, 5) is 16.0. The van der Waals surface area contributed by atoms with Crippen molar-refractivity contribution < 1.29 is 61.3 Å². The number of aryl methyl sites for hydroxylation is 1. The van der Waals surface area contributed by atoms with Gasteiger partial charge in [-0.3, -0.25) is 0 Å². The van der Waals surface area contributed by atoms with Crippen LogP contribution in [0.2, 0.25) is 0 Å². The molecule has 0 unspecified atom stereocenters. The Balaban J connectivity index is 0.00000176. The molecule has 0 N–H and O–H groups in total. The Kier molecular flexibility index (Phi) is 5.93. The van der Waals surface area contributed by atoms with Crippen LogP contribution >= 0.6 is 15.9 Å². The molecule has 0 aliphatic carbocycles. The summed E-state index contributed by atoms with van der Waals surface area (Å²) in [7, 11) is 0. The maximum Gasteiger partial charge on any atom is 1.00 e. The van der Waals surface area contributed by atoms with Gasteiger partial charge >= 0.3 is 51.4 Å². The topological polar surface area (TPSA) is 53.0 Å². The van der Waals surface area contributed by atoms with Crippen LogP contribution in [0.15, 0.2) is 53.0 Å². The Hall–Kier alpha value is -0.564. The molecule has 3 nitrogen and oxygen atoms in total. The average molecular weight is 380 g/mol. The molecule has 5 heteroatoms. The van der Waals surface area contributed by atoms with Crippen molar-refractivity contribution in [3.8, 4) is 11.3 Å². The first kappa shape index (κ1) is 17.8. The molecule has 3 rings (SSSR count). The van der Waals surface area contributed by atoms with Crippen LogP contribution in [0, 0.1) is 6.92 Å². The van der Waals surface area contributed by atoms with E-state index < -0.39 is 5.97 Å². The van der Waals surface area contributed by atoms with Crippen molar-refractivity contribution in [2.24, 2.45) is 0 Å². The molecule has 0 aliphatic rings. The minimum Gasteiger partial charge on any atom is -0.545 e. The zero-order valence-corrected chi connectivity index (χ0v) is 17.0. The normalized spacial score (nSPS) is 10.3. The third-order valence-electron chi connectivity index (χ3n) is 3.38. The van der Waals surface area contributed by atoms with Gasteiger partial charge in [0.25, 0.3) is 0 Å². The number of benzene rings is 2. The van der Waals surface area contributed by atoms with E-state index in [2.05, 4.69) is 20.9 Å². The van der Waals surface area contributed by atoms with E-state index in [1.165, 1.54) is 0 Å². The molecule has 0 amide bonds. The molecule has 0 bridgehead atoms. The number of pyridine rings is 1. The van der Waals surface area contributed by atoms with Crippen LogP contribution in [-0.2, 0) is 0 Å². The smallest absolute Gasteiger partial charge is 0.545 e. The molecule has 0 saturated heterocycles. The number of aromatic nitrogens is 1. The van der Waals surface area contributed by atoms with Gasteiger partial charge in [-0.2, -0.15) is 0 Å². The predicted octanol–water partition coefficient (Wildman–Crippen LogP) is 0.340.